The van der Waals surface area contributed by atoms with Gasteiger partial charge in [-0.1, -0.05) is 22.0 Å². The van der Waals surface area contributed by atoms with Crippen LogP contribution in [-0.4, -0.2) is 17.9 Å². The Morgan fingerprint density at radius 3 is 2.89 bits per heavy atom. The maximum atomic E-state index is 12.2. The van der Waals surface area contributed by atoms with Crippen molar-refractivity contribution in [3.8, 4) is 5.75 Å². The Balaban J connectivity index is 2.23. The molecule has 0 bridgehead atoms. The maximum absolute atomic E-state index is 12.2. The van der Waals surface area contributed by atoms with E-state index < -0.39 is 0 Å². The summed E-state index contributed by atoms with van der Waals surface area (Å²) >= 11 is 3.38. The number of nitrogens with zero attached hydrogens (tertiary/aromatic N) is 1. The van der Waals surface area contributed by atoms with Crippen molar-refractivity contribution in [1.82, 2.24) is 4.98 Å². The Labute approximate surface area is 114 Å². The van der Waals surface area contributed by atoms with Crippen molar-refractivity contribution in [2.24, 2.45) is 0 Å². The molecule has 18 heavy (non-hydrogen) atoms. The normalized spacial score (nSPS) is 10.1. The molecule has 4 heteroatoms. The SMILES string of the molecule is COc1ccc(Br)c(C(=O)Cc2cccnc2)c1. The van der Waals surface area contributed by atoms with E-state index in [1.807, 2.05) is 24.3 Å². The summed E-state index contributed by atoms with van der Waals surface area (Å²) in [5.41, 5.74) is 1.52. The molecular formula is C14H12BrNO2. The van der Waals surface area contributed by atoms with Gasteiger partial charge in [0.1, 0.15) is 5.75 Å². The van der Waals surface area contributed by atoms with Gasteiger partial charge in [-0.3, -0.25) is 9.78 Å². The Hall–Kier alpha value is -1.68. The largest absolute Gasteiger partial charge is 0.497 e. The molecule has 1 heterocycles. The van der Waals surface area contributed by atoms with Crippen LogP contribution in [0, 0.1) is 0 Å². The molecule has 92 valence electrons. The molecule has 0 aliphatic carbocycles. The van der Waals surface area contributed by atoms with Crippen LogP contribution in [0.2, 0.25) is 0 Å². The van der Waals surface area contributed by atoms with Gasteiger partial charge in [0.15, 0.2) is 5.78 Å². The van der Waals surface area contributed by atoms with E-state index in [2.05, 4.69) is 20.9 Å². The second-order valence-corrected chi connectivity index (χ2v) is 4.66. The molecular weight excluding hydrogens is 294 g/mol. The fourth-order valence-electron chi connectivity index (χ4n) is 1.63. The van der Waals surface area contributed by atoms with Crippen molar-refractivity contribution in [3.05, 3.63) is 58.3 Å². The summed E-state index contributed by atoms with van der Waals surface area (Å²) < 4.78 is 5.90. The van der Waals surface area contributed by atoms with Crippen LogP contribution in [0.15, 0.2) is 47.2 Å². The highest BCUT2D eigenvalue weighted by atomic mass is 79.9. The van der Waals surface area contributed by atoms with E-state index in [-0.39, 0.29) is 5.78 Å². The summed E-state index contributed by atoms with van der Waals surface area (Å²) in [6.07, 6.45) is 3.72. The van der Waals surface area contributed by atoms with Crippen LogP contribution >= 0.6 is 15.9 Å². The van der Waals surface area contributed by atoms with Crippen LogP contribution in [-0.2, 0) is 6.42 Å². The highest BCUT2D eigenvalue weighted by molar-refractivity contribution is 9.10. The van der Waals surface area contributed by atoms with Gasteiger partial charge in [-0.05, 0) is 29.8 Å². The summed E-state index contributed by atoms with van der Waals surface area (Å²) in [6.45, 7) is 0. The monoisotopic (exact) mass is 305 g/mol. The minimum absolute atomic E-state index is 0.0359. The number of rotatable bonds is 4. The number of carbonyl (C=O) groups is 1. The predicted octanol–water partition coefficient (Wildman–Crippen LogP) is 3.28. The molecule has 0 saturated heterocycles. The predicted molar refractivity (Wildman–Crippen MR) is 73.0 cm³/mol. The summed E-state index contributed by atoms with van der Waals surface area (Å²) in [4.78, 5) is 16.2. The third kappa shape index (κ3) is 2.96. The molecule has 3 nitrogen and oxygen atoms in total. The van der Waals surface area contributed by atoms with Crippen molar-refractivity contribution < 1.29 is 9.53 Å². The Bertz CT molecular complexity index is 555. The summed E-state index contributed by atoms with van der Waals surface area (Å²) in [7, 11) is 1.58. The maximum Gasteiger partial charge on any atom is 0.168 e. The average molecular weight is 306 g/mol. The number of methoxy groups -OCH3 is 1. The van der Waals surface area contributed by atoms with Crippen molar-refractivity contribution in [2.75, 3.05) is 7.11 Å². The molecule has 0 aliphatic heterocycles. The number of halogens is 1. The van der Waals surface area contributed by atoms with Gasteiger partial charge in [-0.15, -0.1) is 0 Å². The number of carbonyl (C=O) groups excluding carboxylic acids is 1. The summed E-state index contributed by atoms with van der Waals surface area (Å²) in [5.74, 6) is 0.710. The van der Waals surface area contributed by atoms with E-state index in [0.717, 1.165) is 10.0 Å². The van der Waals surface area contributed by atoms with Gasteiger partial charge < -0.3 is 4.74 Å². The molecule has 0 radical (unpaired) electrons. The van der Waals surface area contributed by atoms with Crippen molar-refractivity contribution >= 4 is 21.7 Å². The first-order valence-corrected chi connectivity index (χ1v) is 6.25. The first-order valence-electron chi connectivity index (χ1n) is 5.46. The minimum Gasteiger partial charge on any atom is -0.497 e. The highest BCUT2D eigenvalue weighted by Gasteiger charge is 2.12. The summed E-state index contributed by atoms with van der Waals surface area (Å²) in [5, 5.41) is 0. The Kier molecular flexibility index (Phi) is 4.10. The lowest BCUT2D eigenvalue weighted by Gasteiger charge is -2.06. The molecule has 2 aromatic rings. The van der Waals surface area contributed by atoms with Gasteiger partial charge in [-0.25, -0.2) is 0 Å². The lowest BCUT2D eigenvalue weighted by molar-refractivity contribution is 0.0992. The van der Waals surface area contributed by atoms with Gasteiger partial charge in [0, 0.05) is 28.9 Å². The fourth-order valence-corrected chi connectivity index (χ4v) is 2.10. The van der Waals surface area contributed by atoms with Crippen LogP contribution in [0.5, 0.6) is 5.75 Å². The number of hydrogen-bond donors (Lipinski definition) is 0. The molecule has 1 aromatic heterocycles. The van der Waals surface area contributed by atoms with Crippen LogP contribution in [0.3, 0.4) is 0 Å². The van der Waals surface area contributed by atoms with Gasteiger partial charge in [0.25, 0.3) is 0 Å². The topological polar surface area (TPSA) is 39.2 Å². The quantitative estimate of drug-likeness (QED) is 0.814. The lowest BCUT2D eigenvalue weighted by Crippen LogP contribution is -2.05. The second-order valence-electron chi connectivity index (χ2n) is 3.81. The van der Waals surface area contributed by atoms with Crippen molar-refractivity contribution in [2.45, 2.75) is 6.42 Å². The fraction of sp³-hybridized carbons (Fsp3) is 0.143. The molecule has 0 atom stereocenters. The van der Waals surface area contributed by atoms with E-state index in [0.29, 0.717) is 17.7 Å². The number of aromatic nitrogens is 1. The van der Waals surface area contributed by atoms with Gasteiger partial charge in [-0.2, -0.15) is 0 Å². The average Bonchev–Trinajstić information content (AvgIpc) is 2.40. The van der Waals surface area contributed by atoms with Gasteiger partial charge in [0.2, 0.25) is 0 Å². The molecule has 0 saturated carbocycles. The molecule has 1 aromatic carbocycles. The van der Waals surface area contributed by atoms with E-state index in [4.69, 9.17) is 4.74 Å². The molecule has 0 unspecified atom stereocenters. The van der Waals surface area contributed by atoms with Crippen molar-refractivity contribution in [1.29, 1.82) is 0 Å². The molecule has 0 fully saturated rings. The lowest BCUT2D eigenvalue weighted by atomic mass is 10.0. The second kappa shape index (κ2) is 5.78. The zero-order chi connectivity index (χ0) is 13.0. The van der Waals surface area contributed by atoms with E-state index in [1.165, 1.54) is 0 Å². The number of ketones is 1. The van der Waals surface area contributed by atoms with Gasteiger partial charge >= 0.3 is 0 Å². The zero-order valence-corrected chi connectivity index (χ0v) is 11.5. The number of pyridine rings is 1. The number of ether oxygens (including phenoxy) is 1. The smallest absolute Gasteiger partial charge is 0.168 e. The number of hydrogen-bond acceptors (Lipinski definition) is 3. The molecule has 2 rings (SSSR count). The first kappa shape index (κ1) is 12.8. The third-order valence-corrected chi connectivity index (χ3v) is 3.25. The van der Waals surface area contributed by atoms with Gasteiger partial charge in [0.05, 0.1) is 7.11 Å². The number of benzene rings is 1. The van der Waals surface area contributed by atoms with E-state index in [9.17, 15) is 4.79 Å². The standard InChI is InChI=1S/C14H12BrNO2/c1-18-11-4-5-13(15)12(8-11)14(17)7-10-3-2-6-16-9-10/h2-6,8-9H,7H2,1H3. The first-order chi connectivity index (χ1) is 8.70. The van der Waals surface area contributed by atoms with E-state index >= 15 is 0 Å². The summed E-state index contributed by atoms with van der Waals surface area (Å²) in [6, 6.07) is 9.07. The third-order valence-electron chi connectivity index (χ3n) is 2.56. The molecule has 0 amide bonds. The molecule has 0 spiro atoms. The van der Waals surface area contributed by atoms with Crippen LogP contribution in [0.1, 0.15) is 15.9 Å². The van der Waals surface area contributed by atoms with Crippen LogP contribution < -0.4 is 4.74 Å². The van der Waals surface area contributed by atoms with E-state index in [1.54, 1.807) is 25.6 Å². The Morgan fingerprint density at radius 1 is 1.39 bits per heavy atom. The zero-order valence-electron chi connectivity index (χ0n) is 9.89. The molecule has 0 aliphatic rings. The minimum atomic E-state index is 0.0359. The Morgan fingerprint density at radius 2 is 2.22 bits per heavy atom. The van der Waals surface area contributed by atoms with Crippen molar-refractivity contribution in [3.63, 3.8) is 0 Å². The molecule has 0 N–H and O–H groups in total. The number of Topliss-reactive ketones (excluding diaryl/α,β-unsaturated/α-hetero) is 1. The highest BCUT2D eigenvalue weighted by Crippen LogP contribution is 2.23. The van der Waals surface area contributed by atoms with Crippen LogP contribution in [0.4, 0.5) is 0 Å². The van der Waals surface area contributed by atoms with Crippen LogP contribution in [0.25, 0.3) is 0 Å².